The van der Waals surface area contributed by atoms with E-state index in [4.69, 9.17) is 9.15 Å². The van der Waals surface area contributed by atoms with Crippen molar-refractivity contribution in [2.45, 2.75) is 33.2 Å². The Balaban J connectivity index is 1.96. The van der Waals surface area contributed by atoms with Crippen LogP contribution in [0.3, 0.4) is 0 Å². The smallest absolute Gasteiger partial charge is 0.370 e. The van der Waals surface area contributed by atoms with Crippen LogP contribution in [0.25, 0.3) is 22.1 Å². The third-order valence-electron chi connectivity index (χ3n) is 4.48. The minimum atomic E-state index is -0.467. The van der Waals surface area contributed by atoms with Crippen LogP contribution in [-0.4, -0.2) is 12.0 Å². The lowest BCUT2D eigenvalue weighted by molar-refractivity contribution is -0.409. The first-order valence-corrected chi connectivity index (χ1v) is 9.14. The molecule has 1 unspecified atom stereocenters. The summed E-state index contributed by atoms with van der Waals surface area (Å²) in [5.41, 5.74) is 4.90. The third kappa shape index (κ3) is 4.12. The van der Waals surface area contributed by atoms with Crippen LogP contribution in [0.2, 0.25) is 0 Å². The van der Waals surface area contributed by atoms with Crippen LogP contribution in [-0.2, 0) is 4.79 Å². The SMILES string of the molecule is Cc1oc2cc(OC(=O)C([NH3+])CC(C)C)ccc2c(=O)c1-c1ccc(F)cc1. The predicted molar refractivity (Wildman–Crippen MR) is 104 cm³/mol. The minimum absolute atomic E-state index is 0.224. The van der Waals surface area contributed by atoms with Gasteiger partial charge in [0.15, 0.2) is 6.04 Å². The van der Waals surface area contributed by atoms with Crippen LogP contribution >= 0.6 is 0 Å². The van der Waals surface area contributed by atoms with Crippen molar-refractivity contribution in [1.29, 1.82) is 0 Å². The molecule has 3 N–H and O–H groups in total. The summed E-state index contributed by atoms with van der Waals surface area (Å²) >= 11 is 0. The number of hydrogen-bond acceptors (Lipinski definition) is 4. The number of fused-ring (bicyclic) bond motifs is 1. The van der Waals surface area contributed by atoms with Crippen molar-refractivity contribution in [2.75, 3.05) is 0 Å². The highest BCUT2D eigenvalue weighted by Gasteiger charge is 2.21. The Kier molecular flexibility index (Phi) is 5.61. The summed E-state index contributed by atoms with van der Waals surface area (Å²) < 4.78 is 24.4. The van der Waals surface area contributed by atoms with E-state index in [-0.39, 0.29) is 11.2 Å². The van der Waals surface area contributed by atoms with E-state index in [9.17, 15) is 14.0 Å². The van der Waals surface area contributed by atoms with Crippen molar-refractivity contribution in [3.8, 4) is 16.9 Å². The summed E-state index contributed by atoms with van der Waals surface area (Å²) in [4.78, 5) is 25.1. The molecule has 0 aliphatic heterocycles. The van der Waals surface area contributed by atoms with Crippen molar-refractivity contribution < 1.29 is 24.1 Å². The maximum Gasteiger partial charge on any atom is 0.370 e. The lowest BCUT2D eigenvalue weighted by atomic mass is 10.0. The van der Waals surface area contributed by atoms with Crippen LogP contribution in [0.15, 0.2) is 51.7 Å². The highest BCUT2D eigenvalue weighted by molar-refractivity contribution is 5.85. The topological polar surface area (TPSA) is 84.2 Å². The molecule has 6 heteroatoms. The number of carbonyl (C=O) groups is 1. The highest BCUT2D eigenvalue weighted by Crippen LogP contribution is 2.26. The molecule has 1 heterocycles. The van der Waals surface area contributed by atoms with E-state index in [1.165, 1.54) is 18.2 Å². The summed E-state index contributed by atoms with van der Waals surface area (Å²) in [7, 11) is 0. The normalized spacial score (nSPS) is 12.4. The summed E-state index contributed by atoms with van der Waals surface area (Å²) in [5, 5.41) is 0.359. The van der Waals surface area contributed by atoms with E-state index in [1.807, 2.05) is 13.8 Å². The molecule has 28 heavy (non-hydrogen) atoms. The Morgan fingerprint density at radius 3 is 2.50 bits per heavy atom. The fraction of sp³-hybridized carbons (Fsp3) is 0.273. The molecule has 0 radical (unpaired) electrons. The largest absolute Gasteiger partial charge is 0.460 e. The van der Waals surface area contributed by atoms with Crippen molar-refractivity contribution in [2.24, 2.45) is 5.92 Å². The molecule has 0 spiro atoms. The van der Waals surface area contributed by atoms with Gasteiger partial charge in [-0.05, 0) is 42.7 Å². The molecule has 0 bridgehead atoms. The number of esters is 1. The second-order valence-corrected chi connectivity index (χ2v) is 7.27. The van der Waals surface area contributed by atoms with E-state index < -0.39 is 12.0 Å². The molecule has 0 saturated heterocycles. The zero-order valence-corrected chi connectivity index (χ0v) is 16.1. The Labute approximate surface area is 161 Å². The molecular weight excluding hydrogens is 361 g/mol. The fourth-order valence-electron chi connectivity index (χ4n) is 3.16. The zero-order chi connectivity index (χ0) is 20.4. The number of ether oxygens (including phenoxy) is 1. The number of quaternary nitrogens is 1. The van der Waals surface area contributed by atoms with Gasteiger partial charge in [-0.1, -0.05) is 26.0 Å². The van der Waals surface area contributed by atoms with Gasteiger partial charge < -0.3 is 14.9 Å². The number of hydrogen-bond donors (Lipinski definition) is 1. The molecule has 3 rings (SSSR count). The first-order valence-electron chi connectivity index (χ1n) is 9.14. The Morgan fingerprint density at radius 2 is 1.86 bits per heavy atom. The second kappa shape index (κ2) is 7.94. The van der Waals surface area contributed by atoms with Gasteiger partial charge in [-0.25, -0.2) is 9.18 Å². The van der Waals surface area contributed by atoms with Gasteiger partial charge in [0.05, 0.1) is 10.9 Å². The minimum Gasteiger partial charge on any atom is -0.460 e. The van der Waals surface area contributed by atoms with Crippen molar-refractivity contribution >= 4 is 16.9 Å². The van der Waals surface area contributed by atoms with Gasteiger partial charge in [0, 0.05) is 12.5 Å². The van der Waals surface area contributed by atoms with Crippen molar-refractivity contribution in [3.63, 3.8) is 0 Å². The lowest BCUT2D eigenvalue weighted by Gasteiger charge is -2.11. The Bertz CT molecular complexity index is 1070. The number of benzene rings is 2. The second-order valence-electron chi connectivity index (χ2n) is 7.27. The molecule has 1 aromatic heterocycles. The van der Waals surface area contributed by atoms with Crippen LogP contribution < -0.4 is 15.9 Å². The lowest BCUT2D eigenvalue weighted by Crippen LogP contribution is -2.66. The van der Waals surface area contributed by atoms with Gasteiger partial charge in [-0.15, -0.1) is 0 Å². The van der Waals surface area contributed by atoms with Crippen molar-refractivity contribution in [3.05, 3.63) is 64.3 Å². The third-order valence-corrected chi connectivity index (χ3v) is 4.48. The standard InChI is InChI=1S/C22H22FNO4/c1-12(2)10-18(24)22(26)28-16-8-9-17-19(11-16)27-13(3)20(21(17)25)14-4-6-15(23)7-5-14/h4-9,11-12,18H,10,24H2,1-3H3/p+1. The number of aryl methyl sites for hydroxylation is 1. The van der Waals surface area contributed by atoms with E-state index in [1.54, 1.807) is 31.2 Å². The van der Waals surface area contributed by atoms with Gasteiger partial charge in [-0.3, -0.25) is 4.79 Å². The Morgan fingerprint density at radius 1 is 1.18 bits per heavy atom. The number of rotatable bonds is 5. The van der Waals surface area contributed by atoms with E-state index in [0.29, 0.717) is 45.9 Å². The molecule has 0 aliphatic rings. The predicted octanol–water partition coefficient (Wildman–Crippen LogP) is 3.47. The van der Waals surface area contributed by atoms with E-state index >= 15 is 0 Å². The van der Waals surface area contributed by atoms with Crippen LogP contribution in [0.4, 0.5) is 4.39 Å². The molecule has 3 aromatic rings. The fourth-order valence-corrected chi connectivity index (χ4v) is 3.16. The maximum atomic E-state index is 13.2. The summed E-state index contributed by atoms with van der Waals surface area (Å²) in [5.74, 6) is 0.237. The number of halogens is 1. The van der Waals surface area contributed by atoms with Crippen LogP contribution in [0, 0.1) is 18.7 Å². The summed E-state index contributed by atoms with van der Waals surface area (Å²) in [6.45, 7) is 5.70. The monoisotopic (exact) mass is 384 g/mol. The molecule has 146 valence electrons. The van der Waals surface area contributed by atoms with E-state index in [2.05, 4.69) is 5.73 Å². The molecule has 0 aliphatic carbocycles. The maximum absolute atomic E-state index is 13.2. The van der Waals surface area contributed by atoms with Crippen molar-refractivity contribution in [1.82, 2.24) is 0 Å². The summed E-state index contributed by atoms with van der Waals surface area (Å²) in [6.07, 6.45) is 0.627. The average molecular weight is 384 g/mol. The first-order chi connectivity index (χ1) is 13.3. The van der Waals surface area contributed by atoms with Gasteiger partial charge >= 0.3 is 5.97 Å². The molecule has 5 nitrogen and oxygen atoms in total. The molecule has 2 aromatic carbocycles. The highest BCUT2D eigenvalue weighted by atomic mass is 19.1. The van der Waals surface area contributed by atoms with Gasteiger partial charge in [0.1, 0.15) is 22.9 Å². The van der Waals surface area contributed by atoms with Gasteiger partial charge in [0.2, 0.25) is 5.43 Å². The summed E-state index contributed by atoms with van der Waals surface area (Å²) in [6, 6.07) is 9.86. The molecule has 0 amide bonds. The quantitative estimate of drug-likeness (QED) is 0.539. The average Bonchev–Trinajstić information content (AvgIpc) is 2.62. The van der Waals surface area contributed by atoms with Crippen LogP contribution in [0.5, 0.6) is 5.75 Å². The molecule has 0 saturated carbocycles. The van der Waals surface area contributed by atoms with Crippen LogP contribution in [0.1, 0.15) is 26.0 Å². The Hall–Kier alpha value is -2.99. The van der Waals surface area contributed by atoms with Gasteiger partial charge in [-0.2, -0.15) is 0 Å². The first kappa shape index (κ1) is 19.8. The molecule has 0 fully saturated rings. The van der Waals surface area contributed by atoms with E-state index in [0.717, 1.165) is 0 Å². The molecular formula is C22H23FNO4+. The number of carbonyl (C=O) groups excluding carboxylic acids is 1. The van der Waals surface area contributed by atoms with Gasteiger partial charge in [0.25, 0.3) is 0 Å². The molecule has 1 atom stereocenters. The zero-order valence-electron chi connectivity index (χ0n) is 16.1.